The van der Waals surface area contributed by atoms with E-state index in [-0.39, 0.29) is 30.9 Å². The van der Waals surface area contributed by atoms with Crippen molar-refractivity contribution in [3.05, 3.63) is 48.3 Å². The van der Waals surface area contributed by atoms with Crippen molar-refractivity contribution >= 4 is 5.91 Å². The Hall–Kier alpha value is -2.76. The third-order valence-electron chi connectivity index (χ3n) is 5.71. The van der Waals surface area contributed by atoms with Gasteiger partial charge in [0.05, 0.1) is 12.6 Å². The van der Waals surface area contributed by atoms with E-state index in [4.69, 9.17) is 14.2 Å². The maximum atomic E-state index is 13.0. The average Bonchev–Trinajstić information content (AvgIpc) is 3.24. The highest BCUT2D eigenvalue weighted by molar-refractivity contribution is 5.80. The van der Waals surface area contributed by atoms with E-state index in [1.165, 1.54) is 0 Å². The van der Waals surface area contributed by atoms with Gasteiger partial charge in [-0.3, -0.25) is 9.78 Å². The molecular formula is C21H22N2O4. The summed E-state index contributed by atoms with van der Waals surface area (Å²) < 4.78 is 16.9. The molecule has 6 heteroatoms. The third kappa shape index (κ3) is 3.20. The number of nitrogens with zero attached hydrogens (tertiary/aromatic N) is 2. The number of carbonyl (C=O) groups is 1. The third-order valence-corrected chi connectivity index (χ3v) is 5.71. The van der Waals surface area contributed by atoms with E-state index in [1.54, 1.807) is 12.4 Å². The lowest BCUT2D eigenvalue weighted by Crippen LogP contribution is -2.49. The van der Waals surface area contributed by atoms with Crippen LogP contribution in [0.3, 0.4) is 0 Å². The summed E-state index contributed by atoms with van der Waals surface area (Å²) in [5.74, 6) is 2.48. The topological polar surface area (TPSA) is 60.9 Å². The summed E-state index contributed by atoms with van der Waals surface area (Å²) in [5.41, 5.74) is 0.970. The Bertz CT molecular complexity index is 827. The van der Waals surface area contributed by atoms with E-state index in [1.807, 2.05) is 30.3 Å². The van der Waals surface area contributed by atoms with E-state index < -0.39 is 0 Å². The van der Waals surface area contributed by atoms with Gasteiger partial charge in [0, 0.05) is 31.1 Å². The Kier molecular flexibility index (Phi) is 4.11. The minimum atomic E-state index is 0.154. The summed E-state index contributed by atoms with van der Waals surface area (Å²) in [6.07, 6.45) is 7.94. The van der Waals surface area contributed by atoms with Gasteiger partial charge in [-0.2, -0.15) is 0 Å². The molecular weight excluding hydrogens is 344 g/mol. The molecule has 2 fully saturated rings. The molecule has 0 radical (unpaired) electrons. The fourth-order valence-electron chi connectivity index (χ4n) is 4.56. The van der Waals surface area contributed by atoms with Gasteiger partial charge in [0.15, 0.2) is 11.5 Å². The number of amides is 1. The minimum Gasteiger partial charge on any atom is -0.489 e. The predicted octanol–water partition coefficient (Wildman–Crippen LogP) is 2.95. The van der Waals surface area contributed by atoms with Crippen LogP contribution in [0.1, 0.15) is 31.2 Å². The first kappa shape index (κ1) is 16.4. The number of hydrogen-bond acceptors (Lipinski definition) is 5. The molecule has 3 aliphatic rings. The van der Waals surface area contributed by atoms with Gasteiger partial charge in [-0.15, -0.1) is 0 Å². The molecule has 140 valence electrons. The molecule has 2 bridgehead atoms. The molecule has 3 aliphatic heterocycles. The highest BCUT2D eigenvalue weighted by Gasteiger charge is 2.43. The summed E-state index contributed by atoms with van der Waals surface area (Å²) in [5, 5.41) is 0. The summed E-state index contributed by atoms with van der Waals surface area (Å²) in [7, 11) is 0. The molecule has 27 heavy (non-hydrogen) atoms. The Labute approximate surface area is 158 Å². The molecule has 1 amide bonds. The summed E-state index contributed by atoms with van der Waals surface area (Å²) in [6.45, 7) is 0.251. The van der Waals surface area contributed by atoms with Crippen LogP contribution in [0, 0.1) is 0 Å². The second-order valence-electron chi connectivity index (χ2n) is 7.45. The van der Waals surface area contributed by atoms with Crippen LogP contribution >= 0.6 is 0 Å². The highest BCUT2D eigenvalue weighted by Crippen LogP contribution is 2.38. The van der Waals surface area contributed by atoms with Crippen LogP contribution in [-0.4, -0.2) is 40.8 Å². The lowest BCUT2D eigenvalue weighted by Gasteiger charge is -2.39. The van der Waals surface area contributed by atoms with Crippen LogP contribution in [0.4, 0.5) is 0 Å². The molecule has 4 heterocycles. The highest BCUT2D eigenvalue weighted by atomic mass is 16.7. The Morgan fingerprint density at radius 2 is 1.96 bits per heavy atom. The van der Waals surface area contributed by atoms with Crippen molar-refractivity contribution in [2.75, 3.05) is 6.79 Å². The van der Waals surface area contributed by atoms with Gasteiger partial charge in [-0.05, 0) is 42.7 Å². The van der Waals surface area contributed by atoms with Crippen LogP contribution in [0.15, 0.2) is 42.7 Å². The van der Waals surface area contributed by atoms with E-state index >= 15 is 0 Å². The van der Waals surface area contributed by atoms with Gasteiger partial charge < -0.3 is 19.1 Å². The Morgan fingerprint density at radius 3 is 2.74 bits per heavy atom. The molecule has 6 nitrogen and oxygen atoms in total. The maximum absolute atomic E-state index is 13.0. The molecule has 2 aromatic rings. The largest absolute Gasteiger partial charge is 0.489 e. The minimum absolute atomic E-state index is 0.154. The SMILES string of the molecule is O=C(Cc1ccc2c(c1)OCO2)N1[C@H]2CC[C@H]1CC(Oc1cccnc1)C2. The fraction of sp³-hybridized carbons (Fsp3) is 0.429. The number of piperidine rings is 1. The fourth-order valence-corrected chi connectivity index (χ4v) is 4.56. The van der Waals surface area contributed by atoms with E-state index in [2.05, 4.69) is 9.88 Å². The number of benzene rings is 1. The van der Waals surface area contributed by atoms with Gasteiger partial charge in [0.25, 0.3) is 0 Å². The van der Waals surface area contributed by atoms with Gasteiger partial charge in [-0.25, -0.2) is 0 Å². The van der Waals surface area contributed by atoms with Crippen molar-refractivity contribution in [1.29, 1.82) is 0 Å². The van der Waals surface area contributed by atoms with Crippen molar-refractivity contribution < 1.29 is 19.0 Å². The quantitative estimate of drug-likeness (QED) is 0.833. The molecule has 0 unspecified atom stereocenters. The Balaban J connectivity index is 1.24. The first-order chi connectivity index (χ1) is 13.3. The molecule has 0 saturated carbocycles. The molecule has 2 saturated heterocycles. The van der Waals surface area contributed by atoms with Gasteiger partial charge >= 0.3 is 0 Å². The monoisotopic (exact) mass is 366 g/mol. The second-order valence-corrected chi connectivity index (χ2v) is 7.45. The lowest BCUT2D eigenvalue weighted by atomic mass is 9.98. The van der Waals surface area contributed by atoms with Gasteiger partial charge in [-0.1, -0.05) is 6.07 Å². The smallest absolute Gasteiger partial charge is 0.231 e. The summed E-state index contributed by atoms with van der Waals surface area (Å²) in [4.78, 5) is 19.2. The van der Waals surface area contributed by atoms with Crippen molar-refractivity contribution in [1.82, 2.24) is 9.88 Å². The summed E-state index contributed by atoms with van der Waals surface area (Å²) in [6, 6.07) is 10.1. The zero-order valence-electron chi connectivity index (χ0n) is 15.0. The number of carbonyl (C=O) groups excluding carboxylic acids is 1. The summed E-state index contributed by atoms with van der Waals surface area (Å²) >= 11 is 0. The van der Waals surface area contributed by atoms with E-state index in [9.17, 15) is 4.79 Å². The van der Waals surface area contributed by atoms with Crippen LogP contribution in [0.25, 0.3) is 0 Å². The van der Waals surface area contributed by atoms with Crippen LogP contribution in [0.2, 0.25) is 0 Å². The number of hydrogen-bond donors (Lipinski definition) is 0. The Morgan fingerprint density at radius 1 is 1.15 bits per heavy atom. The molecule has 1 aromatic heterocycles. The predicted molar refractivity (Wildman–Crippen MR) is 97.8 cm³/mol. The van der Waals surface area contributed by atoms with Crippen molar-refractivity contribution in [3.63, 3.8) is 0 Å². The number of ether oxygens (including phenoxy) is 3. The lowest BCUT2D eigenvalue weighted by molar-refractivity contribution is -0.136. The van der Waals surface area contributed by atoms with E-state index in [0.717, 1.165) is 48.5 Å². The van der Waals surface area contributed by atoms with Crippen molar-refractivity contribution in [2.45, 2.75) is 50.3 Å². The number of rotatable bonds is 4. The standard InChI is InChI=1S/C21H22N2O4/c24-21(9-14-3-6-19-20(8-14)26-13-25-19)23-15-4-5-16(23)11-18(10-15)27-17-2-1-7-22-12-17/h1-3,6-8,12,15-16,18H,4-5,9-11,13H2/t15-,16-/m0/s1. The molecule has 5 rings (SSSR count). The van der Waals surface area contributed by atoms with Crippen LogP contribution in [0.5, 0.6) is 17.2 Å². The molecule has 2 atom stereocenters. The second kappa shape index (κ2) is 6.76. The van der Waals surface area contributed by atoms with Crippen molar-refractivity contribution in [3.8, 4) is 17.2 Å². The van der Waals surface area contributed by atoms with Gasteiger partial charge in [0.2, 0.25) is 12.7 Å². The first-order valence-corrected chi connectivity index (χ1v) is 9.52. The van der Waals surface area contributed by atoms with Crippen LogP contribution < -0.4 is 14.2 Å². The molecule has 0 N–H and O–H groups in total. The van der Waals surface area contributed by atoms with E-state index in [0.29, 0.717) is 6.42 Å². The zero-order chi connectivity index (χ0) is 18.2. The molecule has 1 aromatic carbocycles. The first-order valence-electron chi connectivity index (χ1n) is 9.52. The number of pyridine rings is 1. The van der Waals surface area contributed by atoms with Crippen LogP contribution in [-0.2, 0) is 11.2 Å². The van der Waals surface area contributed by atoms with Gasteiger partial charge in [0.1, 0.15) is 11.9 Å². The average molecular weight is 366 g/mol. The molecule has 0 aliphatic carbocycles. The zero-order valence-corrected chi connectivity index (χ0v) is 15.0. The molecule has 0 spiro atoms. The van der Waals surface area contributed by atoms with Crippen molar-refractivity contribution in [2.24, 2.45) is 0 Å². The number of fused-ring (bicyclic) bond motifs is 3. The maximum Gasteiger partial charge on any atom is 0.231 e. The number of aromatic nitrogens is 1. The normalized spacial score (nSPS) is 25.5.